The zero-order chi connectivity index (χ0) is 13.7. The van der Waals surface area contributed by atoms with Crippen LogP contribution in [0.5, 0.6) is 0 Å². The zero-order valence-electron chi connectivity index (χ0n) is 10.4. The number of carbonyl (C=O) groups is 2. The maximum absolute atomic E-state index is 11.7. The highest BCUT2D eigenvalue weighted by Crippen LogP contribution is 2.27. The van der Waals surface area contributed by atoms with Crippen LogP contribution in [0, 0.1) is 0 Å². The minimum absolute atomic E-state index is 0.348. The normalized spacial score (nSPS) is 9.74. The first-order valence-electron chi connectivity index (χ1n) is 5.75. The van der Waals surface area contributed by atoms with Gasteiger partial charge in [-0.25, -0.2) is 4.79 Å². The van der Waals surface area contributed by atoms with E-state index >= 15 is 0 Å². The molecule has 0 saturated carbocycles. The summed E-state index contributed by atoms with van der Waals surface area (Å²) >= 11 is 0. The Balaban J connectivity index is 2.50. The smallest absolute Gasteiger partial charge is 0.339 e. The number of ether oxygens (including phenoxy) is 1. The molecular formula is C15H13NO3. The van der Waals surface area contributed by atoms with Crippen LogP contribution in [0.25, 0.3) is 0 Å². The van der Waals surface area contributed by atoms with Crippen molar-refractivity contribution in [1.82, 2.24) is 0 Å². The number of benzene rings is 2. The maximum Gasteiger partial charge on any atom is 0.339 e. The summed E-state index contributed by atoms with van der Waals surface area (Å²) in [7, 11) is 1.31. The topological polar surface area (TPSA) is 46.6 Å². The van der Waals surface area contributed by atoms with Crippen molar-refractivity contribution in [3.05, 3.63) is 60.2 Å². The number of rotatable bonds is 4. The van der Waals surface area contributed by atoms with Crippen molar-refractivity contribution in [3.8, 4) is 0 Å². The first-order valence-corrected chi connectivity index (χ1v) is 5.75. The summed E-state index contributed by atoms with van der Waals surface area (Å²) in [5.74, 6) is -0.474. The second kappa shape index (κ2) is 5.82. The van der Waals surface area contributed by atoms with Crippen LogP contribution in [0.2, 0.25) is 0 Å². The van der Waals surface area contributed by atoms with Gasteiger partial charge in [-0.05, 0) is 24.3 Å². The average molecular weight is 255 g/mol. The molecule has 4 heteroatoms. The molecule has 2 rings (SSSR count). The summed E-state index contributed by atoms with van der Waals surface area (Å²) in [5.41, 5.74) is 1.53. The fourth-order valence-corrected chi connectivity index (χ4v) is 1.81. The molecule has 0 aromatic heterocycles. The number of hydrogen-bond donors (Lipinski definition) is 0. The lowest BCUT2D eigenvalue weighted by Crippen LogP contribution is -2.18. The van der Waals surface area contributed by atoms with Gasteiger partial charge in [0.25, 0.3) is 0 Å². The molecule has 0 unspecified atom stereocenters. The van der Waals surface area contributed by atoms with Gasteiger partial charge in [0.2, 0.25) is 6.41 Å². The molecule has 0 atom stereocenters. The van der Waals surface area contributed by atoms with E-state index in [0.29, 0.717) is 23.3 Å². The Kier molecular flexibility index (Phi) is 3.93. The molecule has 0 saturated heterocycles. The second-order valence-electron chi connectivity index (χ2n) is 3.82. The molecule has 0 aliphatic heterocycles. The van der Waals surface area contributed by atoms with E-state index in [1.165, 1.54) is 12.0 Å². The fourth-order valence-electron chi connectivity index (χ4n) is 1.81. The Labute approximate surface area is 111 Å². The summed E-state index contributed by atoms with van der Waals surface area (Å²) in [5, 5.41) is 0. The van der Waals surface area contributed by atoms with Gasteiger partial charge in [-0.2, -0.15) is 0 Å². The SMILES string of the molecule is COC(=O)c1ccccc1N(C=O)c1ccccc1. The molecule has 0 aliphatic carbocycles. The third-order valence-electron chi connectivity index (χ3n) is 2.71. The van der Waals surface area contributed by atoms with Gasteiger partial charge >= 0.3 is 5.97 Å². The van der Waals surface area contributed by atoms with E-state index in [4.69, 9.17) is 4.74 Å². The minimum atomic E-state index is -0.474. The molecule has 0 spiro atoms. The van der Waals surface area contributed by atoms with E-state index in [1.807, 2.05) is 18.2 Å². The first-order chi connectivity index (χ1) is 9.27. The molecule has 19 heavy (non-hydrogen) atoms. The fraction of sp³-hybridized carbons (Fsp3) is 0.0667. The number of para-hydroxylation sites is 2. The van der Waals surface area contributed by atoms with Crippen LogP contribution in [0.15, 0.2) is 54.6 Å². The summed E-state index contributed by atoms with van der Waals surface area (Å²) in [4.78, 5) is 24.5. The largest absolute Gasteiger partial charge is 0.465 e. The number of carbonyl (C=O) groups excluding carboxylic acids is 2. The molecule has 2 aromatic rings. The second-order valence-corrected chi connectivity index (χ2v) is 3.82. The van der Waals surface area contributed by atoms with E-state index in [1.54, 1.807) is 36.4 Å². The lowest BCUT2D eigenvalue weighted by molar-refractivity contribution is -0.106. The standard InChI is InChI=1S/C15H13NO3/c1-19-15(18)13-9-5-6-10-14(13)16(11-17)12-7-3-2-4-8-12/h2-11H,1H3. The van der Waals surface area contributed by atoms with E-state index in [2.05, 4.69) is 0 Å². The quantitative estimate of drug-likeness (QED) is 0.623. The van der Waals surface area contributed by atoms with Crippen molar-refractivity contribution >= 4 is 23.8 Å². The van der Waals surface area contributed by atoms with Crippen molar-refractivity contribution in [3.63, 3.8) is 0 Å². The van der Waals surface area contributed by atoms with Crippen molar-refractivity contribution in [2.24, 2.45) is 0 Å². The molecule has 0 N–H and O–H groups in total. The number of hydrogen-bond acceptors (Lipinski definition) is 3. The molecule has 4 nitrogen and oxygen atoms in total. The van der Waals surface area contributed by atoms with Crippen LogP contribution in [0.1, 0.15) is 10.4 Å². The summed E-state index contributed by atoms with van der Waals surface area (Å²) < 4.78 is 4.73. The molecule has 2 aromatic carbocycles. The lowest BCUT2D eigenvalue weighted by atomic mass is 10.1. The molecule has 0 bridgehead atoms. The van der Waals surface area contributed by atoms with Crippen LogP contribution in [0.4, 0.5) is 11.4 Å². The van der Waals surface area contributed by atoms with Gasteiger partial charge in [-0.3, -0.25) is 9.69 Å². The summed E-state index contributed by atoms with van der Waals surface area (Å²) in [6.07, 6.45) is 0.678. The van der Waals surface area contributed by atoms with E-state index in [0.717, 1.165) is 0 Å². The van der Waals surface area contributed by atoms with Crippen LogP contribution in [-0.4, -0.2) is 19.5 Å². The Bertz CT molecular complexity index is 581. The van der Waals surface area contributed by atoms with E-state index < -0.39 is 5.97 Å². The molecule has 1 amide bonds. The van der Waals surface area contributed by atoms with E-state index in [-0.39, 0.29) is 0 Å². The number of esters is 1. The van der Waals surface area contributed by atoms with E-state index in [9.17, 15) is 9.59 Å². The third-order valence-corrected chi connectivity index (χ3v) is 2.71. The molecular weight excluding hydrogens is 242 g/mol. The van der Waals surface area contributed by atoms with Crippen LogP contribution < -0.4 is 4.90 Å². The highest BCUT2D eigenvalue weighted by atomic mass is 16.5. The van der Waals surface area contributed by atoms with Crippen LogP contribution in [-0.2, 0) is 9.53 Å². The predicted molar refractivity (Wildman–Crippen MR) is 72.4 cm³/mol. The Morgan fingerprint density at radius 1 is 1.05 bits per heavy atom. The maximum atomic E-state index is 11.7. The number of nitrogens with zero attached hydrogens (tertiary/aromatic N) is 1. The Morgan fingerprint density at radius 3 is 2.32 bits per heavy atom. The van der Waals surface area contributed by atoms with Crippen LogP contribution in [0.3, 0.4) is 0 Å². The van der Waals surface area contributed by atoms with Gasteiger partial charge in [-0.15, -0.1) is 0 Å². The van der Waals surface area contributed by atoms with Gasteiger partial charge in [-0.1, -0.05) is 30.3 Å². The minimum Gasteiger partial charge on any atom is -0.465 e. The molecule has 0 fully saturated rings. The zero-order valence-corrected chi connectivity index (χ0v) is 10.4. The Hall–Kier alpha value is -2.62. The molecule has 0 heterocycles. The summed E-state index contributed by atoms with van der Waals surface area (Å²) in [6, 6.07) is 15.9. The van der Waals surface area contributed by atoms with Gasteiger partial charge in [0.1, 0.15) is 0 Å². The Morgan fingerprint density at radius 2 is 1.68 bits per heavy atom. The van der Waals surface area contributed by atoms with Crippen LogP contribution >= 0.6 is 0 Å². The van der Waals surface area contributed by atoms with Gasteiger partial charge < -0.3 is 4.74 Å². The first kappa shape index (κ1) is 12.8. The average Bonchev–Trinajstić information content (AvgIpc) is 2.49. The number of amides is 1. The molecule has 0 radical (unpaired) electrons. The van der Waals surface area contributed by atoms with Crippen molar-refractivity contribution in [1.29, 1.82) is 0 Å². The molecule has 0 aliphatic rings. The number of anilines is 2. The van der Waals surface area contributed by atoms with Crippen molar-refractivity contribution in [2.75, 3.05) is 12.0 Å². The van der Waals surface area contributed by atoms with Gasteiger partial charge in [0.15, 0.2) is 0 Å². The van der Waals surface area contributed by atoms with Gasteiger partial charge in [0, 0.05) is 5.69 Å². The lowest BCUT2D eigenvalue weighted by Gasteiger charge is -2.19. The highest BCUT2D eigenvalue weighted by Gasteiger charge is 2.17. The summed E-state index contributed by atoms with van der Waals surface area (Å²) in [6.45, 7) is 0. The third kappa shape index (κ3) is 2.63. The highest BCUT2D eigenvalue weighted by molar-refractivity contribution is 6.01. The predicted octanol–water partition coefficient (Wildman–Crippen LogP) is 2.77. The molecule has 96 valence electrons. The number of methoxy groups -OCH3 is 1. The van der Waals surface area contributed by atoms with Gasteiger partial charge in [0.05, 0.1) is 18.4 Å². The van der Waals surface area contributed by atoms with Crippen molar-refractivity contribution < 1.29 is 14.3 Å². The van der Waals surface area contributed by atoms with Crippen molar-refractivity contribution in [2.45, 2.75) is 0 Å². The monoisotopic (exact) mass is 255 g/mol.